The fraction of sp³-hybridized carbons (Fsp3) is 1.00. The standard InChI is InChI=1S/C11H25NO2/c1-6-14-7-10(9(2)3)12-8-11(4,5)13/h9-10,12-13H,6-8H2,1-5H3. The average molecular weight is 203 g/mol. The molecule has 0 saturated heterocycles. The summed E-state index contributed by atoms with van der Waals surface area (Å²) in [6.45, 7) is 12.0. The molecule has 0 aliphatic heterocycles. The zero-order valence-corrected chi connectivity index (χ0v) is 10.1. The maximum Gasteiger partial charge on any atom is 0.0715 e. The Bertz CT molecular complexity index is 141. The van der Waals surface area contributed by atoms with E-state index in [-0.39, 0.29) is 0 Å². The Balaban J connectivity index is 3.85. The molecule has 1 atom stereocenters. The summed E-state index contributed by atoms with van der Waals surface area (Å²) >= 11 is 0. The van der Waals surface area contributed by atoms with Crippen LogP contribution in [-0.2, 0) is 4.74 Å². The molecule has 0 radical (unpaired) electrons. The monoisotopic (exact) mass is 203 g/mol. The predicted molar refractivity (Wildman–Crippen MR) is 59.4 cm³/mol. The molecule has 3 heteroatoms. The molecule has 0 aromatic heterocycles. The van der Waals surface area contributed by atoms with E-state index in [1.165, 1.54) is 0 Å². The molecule has 0 aliphatic carbocycles. The highest BCUT2D eigenvalue weighted by molar-refractivity contribution is 4.76. The molecule has 0 aliphatic rings. The van der Waals surface area contributed by atoms with Crippen LogP contribution in [0.5, 0.6) is 0 Å². The molecule has 0 rings (SSSR count). The average Bonchev–Trinajstić information content (AvgIpc) is 2.01. The van der Waals surface area contributed by atoms with Crippen LogP contribution in [0, 0.1) is 5.92 Å². The normalized spacial score (nSPS) is 14.8. The number of ether oxygens (including phenoxy) is 1. The van der Waals surface area contributed by atoms with Crippen LogP contribution < -0.4 is 5.32 Å². The topological polar surface area (TPSA) is 41.5 Å². The predicted octanol–water partition coefficient (Wildman–Crippen LogP) is 1.41. The number of hydrogen-bond donors (Lipinski definition) is 2. The van der Waals surface area contributed by atoms with Gasteiger partial charge in [0.1, 0.15) is 0 Å². The highest BCUT2D eigenvalue weighted by atomic mass is 16.5. The van der Waals surface area contributed by atoms with E-state index in [1.807, 2.05) is 6.92 Å². The third-order valence-corrected chi connectivity index (χ3v) is 2.10. The van der Waals surface area contributed by atoms with E-state index in [2.05, 4.69) is 19.2 Å². The van der Waals surface area contributed by atoms with Gasteiger partial charge < -0.3 is 15.2 Å². The van der Waals surface area contributed by atoms with Crippen molar-refractivity contribution in [2.24, 2.45) is 5.92 Å². The molecule has 14 heavy (non-hydrogen) atoms. The van der Waals surface area contributed by atoms with Crippen LogP contribution in [-0.4, -0.2) is 36.5 Å². The van der Waals surface area contributed by atoms with Gasteiger partial charge in [0.25, 0.3) is 0 Å². The number of rotatable bonds is 7. The highest BCUT2D eigenvalue weighted by Gasteiger charge is 2.18. The Morgan fingerprint density at radius 3 is 2.29 bits per heavy atom. The van der Waals surface area contributed by atoms with Crippen LogP contribution in [0.4, 0.5) is 0 Å². The van der Waals surface area contributed by atoms with Crippen LogP contribution in [0.15, 0.2) is 0 Å². The van der Waals surface area contributed by atoms with Crippen molar-refractivity contribution in [1.82, 2.24) is 5.32 Å². The summed E-state index contributed by atoms with van der Waals surface area (Å²) in [6.07, 6.45) is 0. The minimum Gasteiger partial charge on any atom is -0.389 e. The Labute approximate surface area is 87.8 Å². The second-order valence-corrected chi connectivity index (χ2v) is 4.70. The van der Waals surface area contributed by atoms with Crippen molar-refractivity contribution in [3.05, 3.63) is 0 Å². The van der Waals surface area contributed by atoms with Crippen LogP contribution in [0.1, 0.15) is 34.6 Å². The Morgan fingerprint density at radius 1 is 1.36 bits per heavy atom. The molecule has 1 unspecified atom stereocenters. The van der Waals surface area contributed by atoms with E-state index < -0.39 is 5.60 Å². The van der Waals surface area contributed by atoms with Crippen LogP contribution >= 0.6 is 0 Å². The van der Waals surface area contributed by atoms with Crippen LogP contribution in [0.3, 0.4) is 0 Å². The first-order chi connectivity index (χ1) is 6.37. The third-order valence-electron chi connectivity index (χ3n) is 2.10. The lowest BCUT2D eigenvalue weighted by Gasteiger charge is -2.26. The van der Waals surface area contributed by atoms with Gasteiger partial charge in [0, 0.05) is 19.2 Å². The Kier molecular flexibility index (Phi) is 6.33. The van der Waals surface area contributed by atoms with Crippen molar-refractivity contribution in [3.8, 4) is 0 Å². The highest BCUT2D eigenvalue weighted by Crippen LogP contribution is 2.05. The van der Waals surface area contributed by atoms with Crippen molar-refractivity contribution in [3.63, 3.8) is 0 Å². The quantitative estimate of drug-likeness (QED) is 0.657. The molecule has 0 aromatic rings. The summed E-state index contributed by atoms with van der Waals surface area (Å²) in [7, 11) is 0. The number of aliphatic hydroxyl groups is 1. The zero-order valence-electron chi connectivity index (χ0n) is 10.1. The first-order valence-electron chi connectivity index (χ1n) is 5.40. The second-order valence-electron chi connectivity index (χ2n) is 4.70. The minimum atomic E-state index is -0.653. The van der Waals surface area contributed by atoms with E-state index >= 15 is 0 Å². The summed E-state index contributed by atoms with van der Waals surface area (Å²) in [5.41, 5.74) is -0.653. The van der Waals surface area contributed by atoms with E-state index in [0.29, 0.717) is 25.1 Å². The Hall–Kier alpha value is -0.120. The molecule has 0 amide bonds. The van der Waals surface area contributed by atoms with Crippen LogP contribution in [0.2, 0.25) is 0 Å². The molecule has 2 N–H and O–H groups in total. The molecule has 0 saturated carbocycles. The molecule has 3 nitrogen and oxygen atoms in total. The third kappa shape index (κ3) is 7.30. The van der Waals surface area contributed by atoms with Gasteiger partial charge in [-0.15, -0.1) is 0 Å². The summed E-state index contributed by atoms with van der Waals surface area (Å²) in [5.74, 6) is 0.517. The summed E-state index contributed by atoms with van der Waals surface area (Å²) in [5, 5.41) is 12.9. The number of hydrogen-bond acceptors (Lipinski definition) is 3. The second kappa shape index (κ2) is 6.38. The van der Waals surface area contributed by atoms with E-state index in [9.17, 15) is 5.11 Å². The molecule has 0 fully saturated rings. The van der Waals surface area contributed by atoms with Gasteiger partial charge in [-0.2, -0.15) is 0 Å². The van der Waals surface area contributed by atoms with Gasteiger partial charge in [-0.05, 0) is 26.7 Å². The molecular formula is C11H25NO2. The van der Waals surface area contributed by atoms with Gasteiger partial charge >= 0.3 is 0 Å². The van der Waals surface area contributed by atoms with Crippen molar-refractivity contribution in [2.75, 3.05) is 19.8 Å². The summed E-state index contributed by atoms with van der Waals surface area (Å²) in [4.78, 5) is 0. The molecule has 86 valence electrons. The van der Waals surface area contributed by atoms with Gasteiger partial charge in [0.15, 0.2) is 0 Å². The first-order valence-corrected chi connectivity index (χ1v) is 5.40. The first kappa shape index (κ1) is 13.9. The van der Waals surface area contributed by atoms with Crippen molar-refractivity contribution in [1.29, 1.82) is 0 Å². The zero-order chi connectivity index (χ0) is 11.2. The van der Waals surface area contributed by atoms with Gasteiger partial charge in [-0.25, -0.2) is 0 Å². The fourth-order valence-electron chi connectivity index (χ4n) is 1.11. The lowest BCUT2D eigenvalue weighted by atomic mass is 10.0. The fourth-order valence-corrected chi connectivity index (χ4v) is 1.11. The number of nitrogens with one attached hydrogen (secondary N) is 1. The molecule has 0 spiro atoms. The van der Waals surface area contributed by atoms with E-state index in [0.717, 1.165) is 6.61 Å². The molecule has 0 aromatic carbocycles. The lowest BCUT2D eigenvalue weighted by Crippen LogP contribution is -2.45. The SMILES string of the molecule is CCOCC(NCC(C)(C)O)C(C)C. The minimum absolute atomic E-state index is 0.321. The smallest absolute Gasteiger partial charge is 0.0715 e. The molecule has 0 heterocycles. The van der Waals surface area contributed by atoms with Crippen molar-refractivity contribution in [2.45, 2.75) is 46.3 Å². The van der Waals surface area contributed by atoms with Gasteiger partial charge in [-0.1, -0.05) is 13.8 Å². The Morgan fingerprint density at radius 2 is 1.93 bits per heavy atom. The maximum absolute atomic E-state index is 9.57. The van der Waals surface area contributed by atoms with Gasteiger partial charge in [-0.3, -0.25) is 0 Å². The van der Waals surface area contributed by atoms with Crippen molar-refractivity contribution >= 4 is 0 Å². The van der Waals surface area contributed by atoms with E-state index in [1.54, 1.807) is 13.8 Å². The maximum atomic E-state index is 9.57. The molecular weight excluding hydrogens is 178 g/mol. The van der Waals surface area contributed by atoms with Gasteiger partial charge in [0.2, 0.25) is 0 Å². The van der Waals surface area contributed by atoms with Crippen LogP contribution in [0.25, 0.3) is 0 Å². The van der Waals surface area contributed by atoms with E-state index in [4.69, 9.17) is 4.74 Å². The largest absolute Gasteiger partial charge is 0.389 e. The summed E-state index contributed by atoms with van der Waals surface area (Å²) < 4.78 is 5.38. The van der Waals surface area contributed by atoms with Crippen molar-refractivity contribution < 1.29 is 9.84 Å². The lowest BCUT2D eigenvalue weighted by molar-refractivity contribution is 0.0593. The van der Waals surface area contributed by atoms with Gasteiger partial charge in [0.05, 0.1) is 12.2 Å². The molecule has 0 bridgehead atoms. The summed E-state index contributed by atoms with van der Waals surface area (Å²) in [6, 6.07) is 0.321.